The van der Waals surface area contributed by atoms with Crippen molar-refractivity contribution in [2.45, 2.75) is 47.1 Å². The molecule has 0 aliphatic carbocycles. The fourth-order valence-electron chi connectivity index (χ4n) is 5.41. The first kappa shape index (κ1) is 24.7. The second-order valence-corrected chi connectivity index (χ2v) is 9.07. The molecule has 0 unspecified atom stereocenters. The second-order valence-electron chi connectivity index (χ2n) is 9.07. The van der Waals surface area contributed by atoms with Gasteiger partial charge in [-0.1, -0.05) is 12.1 Å². The Morgan fingerprint density at radius 1 is 0.800 bits per heavy atom. The molecule has 3 aromatic rings. The molecule has 35 heavy (non-hydrogen) atoms. The zero-order valence-electron chi connectivity index (χ0n) is 21.8. The van der Waals surface area contributed by atoms with E-state index >= 15 is 0 Å². The molecule has 0 saturated heterocycles. The molecule has 0 atom stereocenters. The summed E-state index contributed by atoms with van der Waals surface area (Å²) in [5.41, 5.74) is 13.7. The number of nitrogens with zero attached hydrogens (tertiary/aromatic N) is 3. The summed E-state index contributed by atoms with van der Waals surface area (Å²) in [4.78, 5) is 22.3. The van der Waals surface area contributed by atoms with E-state index in [0.29, 0.717) is 5.56 Å². The Morgan fingerprint density at radius 3 is 1.77 bits per heavy atom. The molecule has 2 aromatic carbocycles. The van der Waals surface area contributed by atoms with Crippen LogP contribution < -0.4 is 20.7 Å². The van der Waals surface area contributed by atoms with Crippen molar-refractivity contribution in [3.8, 4) is 0 Å². The van der Waals surface area contributed by atoms with E-state index in [2.05, 4.69) is 98.6 Å². The Kier molecular flexibility index (Phi) is 7.13. The Labute approximate surface area is 209 Å². The Hall–Kier alpha value is -3.38. The van der Waals surface area contributed by atoms with Gasteiger partial charge in [-0.15, -0.1) is 0 Å². The number of hydrogen-bond acceptors (Lipinski definition) is 5. The molecule has 6 heteroatoms. The number of fused-ring (bicyclic) bond motifs is 1. The highest BCUT2D eigenvalue weighted by molar-refractivity contribution is 5.97. The minimum atomic E-state index is -0.817. The van der Waals surface area contributed by atoms with Crippen LogP contribution in [0.1, 0.15) is 66.0 Å². The fraction of sp³-hybridized carbons (Fsp3) is 0.379. The van der Waals surface area contributed by atoms with Crippen molar-refractivity contribution in [3.63, 3.8) is 0 Å². The smallest absolute Gasteiger partial charge is 0.267 e. The largest absolute Gasteiger partial charge is 0.372 e. The van der Waals surface area contributed by atoms with Gasteiger partial charge in [-0.05, 0) is 100 Å². The van der Waals surface area contributed by atoms with Gasteiger partial charge in [0, 0.05) is 43.8 Å². The van der Waals surface area contributed by atoms with Crippen molar-refractivity contribution >= 4 is 17.3 Å². The summed E-state index contributed by atoms with van der Waals surface area (Å²) in [5.74, 6) is -0.168. The molecule has 0 bridgehead atoms. The lowest BCUT2D eigenvalue weighted by Crippen LogP contribution is -2.59. The quantitative estimate of drug-likeness (QED) is 0.488. The molecule has 0 saturated carbocycles. The molecule has 0 fully saturated rings. The number of hydrogen-bond donors (Lipinski definition) is 2. The first-order chi connectivity index (χ1) is 16.9. The fourth-order valence-corrected chi connectivity index (χ4v) is 5.41. The van der Waals surface area contributed by atoms with Gasteiger partial charge in [0.2, 0.25) is 0 Å². The van der Waals surface area contributed by atoms with Gasteiger partial charge >= 0.3 is 0 Å². The van der Waals surface area contributed by atoms with Crippen molar-refractivity contribution < 1.29 is 4.79 Å². The molecule has 1 aliphatic rings. The zero-order valence-corrected chi connectivity index (χ0v) is 21.8. The van der Waals surface area contributed by atoms with Crippen LogP contribution in [0.4, 0.5) is 11.4 Å². The number of carbonyl (C=O) groups excluding carboxylic acids is 1. The second kappa shape index (κ2) is 10.1. The summed E-state index contributed by atoms with van der Waals surface area (Å²) in [5, 5.41) is 0. The van der Waals surface area contributed by atoms with Crippen LogP contribution >= 0.6 is 0 Å². The summed E-state index contributed by atoms with van der Waals surface area (Å²) in [6, 6.07) is 16.9. The summed E-state index contributed by atoms with van der Waals surface area (Å²) in [6.07, 6.45) is 1.77. The molecule has 0 spiro atoms. The highest BCUT2D eigenvalue weighted by atomic mass is 16.2. The molecule has 6 nitrogen and oxygen atoms in total. The number of rotatable bonds is 8. The van der Waals surface area contributed by atoms with Gasteiger partial charge in [-0.3, -0.25) is 15.2 Å². The standard InChI is InChI=1S/C29H37N5O/c1-7-33(8-2)22-13-15-25(20(5)18-22)29(27-24(12-11-17-30-27)28(35)31-32-29)26-16-14-23(19-21(26)6)34(9-3)10-4/h11-19,32H,7-10H2,1-6H3,(H,31,35). The average Bonchev–Trinajstić information content (AvgIpc) is 2.87. The number of amides is 1. The van der Waals surface area contributed by atoms with E-state index in [9.17, 15) is 4.79 Å². The average molecular weight is 472 g/mol. The summed E-state index contributed by atoms with van der Waals surface area (Å²) >= 11 is 0. The molecule has 1 aliphatic heterocycles. The predicted octanol–water partition coefficient (Wildman–Crippen LogP) is 4.93. The van der Waals surface area contributed by atoms with Gasteiger partial charge in [0.25, 0.3) is 5.91 Å². The van der Waals surface area contributed by atoms with E-state index in [1.807, 2.05) is 12.1 Å². The van der Waals surface area contributed by atoms with Crippen LogP contribution in [0.2, 0.25) is 0 Å². The van der Waals surface area contributed by atoms with Gasteiger partial charge in [0.15, 0.2) is 0 Å². The maximum Gasteiger partial charge on any atom is 0.267 e. The van der Waals surface area contributed by atoms with Crippen LogP contribution in [0, 0.1) is 13.8 Å². The third-order valence-electron chi connectivity index (χ3n) is 7.26. The monoisotopic (exact) mass is 471 g/mol. The zero-order chi connectivity index (χ0) is 25.2. The lowest BCUT2D eigenvalue weighted by atomic mass is 9.74. The van der Waals surface area contributed by atoms with Crippen molar-refractivity contribution in [2.75, 3.05) is 36.0 Å². The molecular formula is C29H37N5O. The number of benzene rings is 2. The lowest BCUT2D eigenvalue weighted by molar-refractivity contribution is 0.0894. The summed E-state index contributed by atoms with van der Waals surface area (Å²) < 4.78 is 0. The van der Waals surface area contributed by atoms with E-state index in [-0.39, 0.29) is 5.91 Å². The van der Waals surface area contributed by atoms with Gasteiger partial charge < -0.3 is 9.80 Å². The van der Waals surface area contributed by atoms with E-state index < -0.39 is 5.54 Å². The number of carbonyl (C=O) groups is 1. The molecule has 2 N–H and O–H groups in total. The van der Waals surface area contributed by atoms with Crippen LogP contribution in [0.3, 0.4) is 0 Å². The molecule has 4 rings (SSSR count). The van der Waals surface area contributed by atoms with Gasteiger partial charge in [0.1, 0.15) is 5.54 Å². The Balaban J connectivity index is 1.98. The minimum absolute atomic E-state index is 0.168. The predicted molar refractivity (Wildman–Crippen MR) is 144 cm³/mol. The van der Waals surface area contributed by atoms with Gasteiger partial charge in [0.05, 0.1) is 11.3 Å². The minimum Gasteiger partial charge on any atom is -0.372 e. The van der Waals surface area contributed by atoms with E-state index in [0.717, 1.165) is 54.1 Å². The molecule has 1 aromatic heterocycles. The maximum atomic E-state index is 12.8. The van der Waals surface area contributed by atoms with Gasteiger partial charge in [-0.2, -0.15) is 0 Å². The van der Waals surface area contributed by atoms with Crippen LogP contribution in [-0.4, -0.2) is 37.1 Å². The molecule has 184 valence electrons. The number of nitrogens with one attached hydrogen (secondary N) is 2. The number of hydrazine groups is 1. The topological polar surface area (TPSA) is 60.5 Å². The van der Waals surface area contributed by atoms with Crippen LogP contribution in [0.5, 0.6) is 0 Å². The first-order valence-electron chi connectivity index (χ1n) is 12.7. The van der Waals surface area contributed by atoms with Crippen LogP contribution in [-0.2, 0) is 5.54 Å². The summed E-state index contributed by atoms with van der Waals surface area (Å²) in [7, 11) is 0. The molecular weight excluding hydrogens is 434 g/mol. The van der Waals surface area contributed by atoms with E-state index in [4.69, 9.17) is 4.98 Å². The maximum absolute atomic E-state index is 12.8. The highest BCUT2D eigenvalue weighted by Crippen LogP contribution is 2.43. The van der Waals surface area contributed by atoms with Crippen molar-refractivity contribution in [1.29, 1.82) is 0 Å². The number of aromatic nitrogens is 1. The van der Waals surface area contributed by atoms with E-state index in [1.165, 1.54) is 11.4 Å². The SMILES string of the molecule is CCN(CC)c1ccc(C2(c3ccc(N(CC)CC)cc3C)NNC(=O)c3cccnc32)c(C)c1. The Bertz CT molecular complexity index is 1150. The number of pyridine rings is 1. The van der Waals surface area contributed by atoms with Crippen molar-refractivity contribution in [1.82, 2.24) is 15.8 Å². The first-order valence-corrected chi connectivity index (χ1v) is 12.7. The van der Waals surface area contributed by atoms with E-state index in [1.54, 1.807) is 6.20 Å². The van der Waals surface area contributed by atoms with Crippen LogP contribution in [0.25, 0.3) is 0 Å². The van der Waals surface area contributed by atoms with Crippen molar-refractivity contribution in [2.24, 2.45) is 0 Å². The third-order valence-corrected chi connectivity index (χ3v) is 7.26. The number of anilines is 2. The van der Waals surface area contributed by atoms with Crippen molar-refractivity contribution in [3.05, 3.63) is 88.2 Å². The summed E-state index contributed by atoms with van der Waals surface area (Å²) in [6.45, 7) is 16.8. The Morgan fingerprint density at radius 2 is 1.31 bits per heavy atom. The molecule has 0 radical (unpaired) electrons. The van der Waals surface area contributed by atoms with Crippen LogP contribution in [0.15, 0.2) is 54.7 Å². The molecule has 1 amide bonds. The lowest BCUT2D eigenvalue weighted by Gasteiger charge is -2.41. The molecule has 2 heterocycles. The third kappa shape index (κ3) is 4.16. The highest BCUT2D eigenvalue weighted by Gasteiger charge is 2.45. The normalized spacial score (nSPS) is 14.3. The van der Waals surface area contributed by atoms with Gasteiger partial charge in [-0.25, -0.2) is 5.43 Å². The number of aryl methyl sites for hydroxylation is 2.